The Morgan fingerprint density at radius 2 is 1.87 bits per heavy atom. The summed E-state index contributed by atoms with van der Waals surface area (Å²) >= 11 is 0. The number of nitrogens with zero attached hydrogens (tertiary/aromatic N) is 1. The van der Waals surface area contributed by atoms with E-state index in [-0.39, 0.29) is 18.6 Å². The molecule has 0 spiro atoms. The third-order valence-corrected chi connectivity index (χ3v) is 7.31. The fourth-order valence-corrected chi connectivity index (χ4v) is 5.36. The Kier molecular flexibility index (Phi) is 11.3. The van der Waals surface area contributed by atoms with Gasteiger partial charge in [0.1, 0.15) is 12.4 Å². The van der Waals surface area contributed by atoms with Crippen LogP contribution in [0.15, 0.2) is 42.5 Å². The first-order chi connectivity index (χ1) is 18.9. The highest BCUT2D eigenvalue weighted by atomic mass is 19.4. The van der Waals surface area contributed by atoms with Crippen LogP contribution in [-0.2, 0) is 27.2 Å². The molecular weight excluding hydrogens is 509 g/mol. The van der Waals surface area contributed by atoms with Crippen molar-refractivity contribution in [3.8, 4) is 5.75 Å². The molecule has 1 saturated heterocycles. The lowest BCUT2D eigenvalue weighted by molar-refractivity contribution is -0.174. The third kappa shape index (κ3) is 9.38. The van der Waals surface area contributed by atoms with Crippen molar-refractivity contribution in [2.24, 2.45) is 0 Å². The number of hydrogen-bond acceptors (Lipinski definition) is 6. The summed E-state index contributed by atoms with van der Waals surface area (Å²) in [5.41, 5.74) is 5.15. The highest BCUT2D eigenvalue weighted by molar-refractivity contribution is 5.57. The molecule has 0 amide bonds. The number of benzene rings is 2. The first-order valence-corrected chi connectivity index (χ1v) is 14.0. The monoisotopic (exact) mass is 550 g/mol. The quantitative estimate of drug-likeness (QED) is 0.314. The average Bonchev–Trinajstić information content (AvgIpc) is 2.94. The van der Waals surface area contributed by atoms with Crippen LogP contribution < -0.4 is 15.0 Å². The molecule has 6 nitrogen and oxygen atoms in total. The largest absolute Gasteiger partial charge is 0.494 e. The van der Waals surface area contributed by atoms with Gasteiger partial charge in [-0.2, -0.15) is 13.2 Å². The summed E-state index contributed by atoms with van der Waals surface area (Å²) in [4.78, 5) is 2.48. The Labute approximate surface area is 229 Å². The Balaban J connectivity index is 1.28. The van der Waals surface area contributed by atoms with Crippen molar-refractivity contribution in [1.29, 1.82) is 0 Å². The topological polar surface area (TPSA) is 52.2 Å². The number of alkyl halides is 3. The van der Waals surface area contributed by atoms with E-state index in [0.29, 0.717) is 25.4 Å². The van der Waals surface area contributed by atoms with Crippen LogP contribution in [0, 0.1) is 0 Å². The normalized spacial score (nSPS) is 19.6. The van der Waals surface area contributed by atoms with Gasteiger partial charge in [-0.3, -0.25) is 0 Å². The number of methoxy groups -OCH3 is 1. The molecule has 0 bridgehead atoms. The van der Waals surface area contributed by atoms with Crippen molar-refractivity contribution >= 4 is 5.69 Å². The first kappa shape index (κ1) is 29.6. The second-order valence-electron chi connectivity index (χ2n) is 10.3. The number of halogens is 3. The lowest BCUT2D eigenvalue weighted by Crippen LogP contribution is -2.41. The minimum absolute atomic E-state index is 0.0156. The molecule has 39 heavy (non-hydrogen) atoms. The average molecular weight is 551 g/mol. The van der Waals surface area contributed by atoms with Crippen LogP contribution in [0.4, 0.5) is 18.9 Å². The van der Waals surface area contributed by atoms with Crippen molar-refractivity contribution in [3.63, 3.8) is 0 Å². The maximum Gasteiger partial charge on any atom is 0.411 e. The summed E-state index contributed by atoms with van der Waals surface area (Å²) in [6.07, 6.45) is 0.479. The zero-order valence-corrected chi connectivity index (χ0v) is 22.8. The molecule has 2 unspecified atom stereocenters. The molecule has 0 radical (unpaired) electrons. The molecule has 4 rings (SSSR count). The number of anilines is 1. The Morgan fingerprint density at radius 1 is 1.03 bits per heavy atom. The van der Waals surface area contributed by atoms with Gasteiger partial charge in [0.25, 0.3) is 0 Å². The van der Waals surface area contributed by atoms with Crippen molar-refractivity contribution in [2.45, 2.75) is 56.9 Å². The molecule has 2 atom stereocenters. The number of fused-ring (bicyclic) bond motifs is 1. The van der Waals surface area contributed by atoms with Gasteiger partial charge in [-0.05, 0) is 67.1 Å². The van der Waals surface area contributed by atoms with Gasteiger partial charge >= 0.3 is 6.18 Å². The van der Waals surface area contributed by atoms with Gasteiger partial charge in [0.2, 0.25) is 0 Å². The van der Waals surface area contributed by atoms with Crippen LogP contribution >= 0.6 is 0 Å². The lowest BCUT2D eigenvalue weighted by atomic mass is 9.87. The van der Waals surface area contributed by atoms with Crippen molar-refractivity contribution in [3.05, 3.63) is 59.2 Å². The maximum atomic E-state index is 12.1. The number of aryl methyl sites for hydroxylation is 1. The zero-order chi connectivity index (χ0) is 27.5. The molecule has 0 aromatic heterocycles. The van der Waals surface area contributed by atoms with E-state index in [0.717, 1.165) is 52.0 Å². The van der Waals surface area contributed by atoms with Gasteiger partial charge in [0.05, 0.1) is 25.9 Å². The molecule has 1 N–H and O–H groups in total. The number of hydrogen-bond donors (Lipinski definition) is 1. The van der Waals surface area contributed by atoms with Crippen LogP contribution in [0.25, 0.3) is 0 Å². The van der Waals surface area contributed by atoms with Crippen LogP contribution in [0.3, 0.4) is 0 Å². The second kappa shape index (κ2) is 14.9. The van der Waals surface area contributed by atoms with E-state index in [9.17, 15) is 13.2 Å². The Hall–Kier alpha value is -2.33. The van der Waals surface area contributed by atoms with Gasteiger partial charge in [0.15, 0.2) is 0 Å². The second-order valence-corrected chi connectivity index (χ2v) is 10.3. The summed E-state index contributed by atoms with van der Waals surface area (Å²) in [5, 5.41) is 3.47. The zero-order valence-electron chi connectivity index (χ0n) is 22.8. The summed E-state index contributed by atoms with van der Waals surface area (Å²) in [7, 11) is 1.75. The molecule has 9 heteroatoms. The molecule has 1 fully saturated rings. The van der Waals surface area contributed by atoms with Gasteiger partial charge in [-0.15, -0.1) is 0 Å². The van der Waals surface area contributed by atoms with Gasteiger partial charge in [0, 0.05) is 51.4 Å². The van der Waals surface area contributed by atoms with E-state index in [4.69, 9.17) is 14.2 Å². The lowest BCUT2D eigenvalue weighted by Gasteiger charge is -2.33. The molecule has 216 valence electrons. The van der Waals surface area contributed by atoms with Gasteiger partial charge in [-0.1, -0.05) is 24.3 Å². The van der Waals surface area contributed by atoms with Crippen molar-refractivity contribution in [1.82, 2.24) is 5.32 Å². The highest BCUT2D eigenvalue weighted by Gasteiger charge is 2.28. The van der Waals surface area contributed by atoms with Crippen molar-refractivity contribution < 1.29 is 32.1 Å². The molecule has 0 aliphatic carbocycles. The molecule has 2 aliphatic rings. The van der Waals surface area contributed by atoms with E-state index >= 15 is 0 Å². The molecule has 2 aromatic carbocycles. The van der Waals surface area contributed by atoms with Crippen LogP contribution in [-0.4, -0.2) is 72.0 Å². The molecule has 2 aliphatic heterocycles. The van der Waals surface area contributed by atoms with Crippen LogP contribution in [0.5, 0.6) is 5.75 Å². The third-order valence-electron chi connectivity index (χ3n) is 7.31. The fourth-order valence-electron chi connectivity index (χ4n) is 5.36. The Bertz CT molecular complexity index is 1000. The fraction of sp³-hybridized carbons (Fsp3) is 0.600. The van der Waals surface area contributed by atoms with Gasteiger partial charge < -0.3 is 29.2 Å². The minimum atomic E-state index is -4.29. The summed E-state index contributed by atoms with van der Waals surface area (Å²) in [5.74, 6) is 0.976. The standard InChI is InChI=1S/C30H41F3N2O4/c1-36-16-3-15-35-14-2-5-25-7-6-23(19-28(25)35)21-39-29-20-34-13-12-27(29)24-8-10-26(11-9-24)38-18-4-17-37-22-30(31,32)33/h6-11,19,27,29,34H,2-5,12-18,20-22H2,1H3. The highest BCUT2D eigenvalue weighted by Crippen LogP contribution is 2.32. The predicted octanol–water partition coefficient (Wildman–Crippen LogP) is 5.49. The van der Waals surface area contributed by atoms with E-state index in [1.54, 1.807) is 7.11 Å². The Morgan fingerprint density at radius 3 is 2.67 bits per heavy atom. The van der Waals surface area contributed by atoms with E-state index < -0.39 is 12.8 Å². The van der Waals surface area contributed by atoms with E-state index in [1.807, 2.05) is 12.1 Å². The summed E-state index contributed by atoms with van der Waals surface area (Å²) < 4.78 is 58.4. The summed E-state index contributed by atoms with van der Waals surface area (Å²) in [6.45, 7) is 4.28. The number of ether oxygens (including phenoxy) is 4. The van der Waals surface area contributed by atoms with E-state index in [1.165, 1.54) is 28.8 Å². The maximum absolute atomic E-state index is 12.1. The number of rotatable bonds is 14. The van der Waals surface area contributed by atoms with Crippen LogP contribution in [0.1, 0.15) is 48.3 Å². The first-order valence-electron chi connectivity index (χ1n) is 14.0. The van der Waals surface area contributed by atoms with Crippen LogP contribution in [0.2, 0.25) is 0 Å². The van der Waals surface area contributed by atoms with Gasteiger partial charge in [-0.25, -0.2) is 0 Å². The smallest absolute Gasteiger partial charge is 0.411 e. The summed E-state index contributed by atoms with van der Waals surface area (Å²) in [6, 6.07) is 14.7. The molecular formula is C30H41F3N2O4. The number of piperidine rings is 1. The number of nitrogens with one attached hydrogen (secondary N) is 1. The predicted molar refractivity (Wildman–Crippen MR) is 146 cm³/mol. The SMILES string of the molecule is COCCCN1CCCc2ccc(COC3CNCCC3c3ccc(OCCCOCC(F)(F)F)cc3)cc21. The molecule has 0 saturated carbocycles. The molecule has 2 heterocycles. The molecule has 2 aromatic rings. The minimum Gasteiger partial charge on any atom is -0.494 e. The van der Waals surface area contributed by atoms with E-state index in [2.05, 4.69) is 45.3 Å². The van der Waals surface area contributed by atoms with Crippen molar-refractivity contribution in [2.75, 3.05) is 64.6 Å².